The monoisotopic (exact) mass is 619 g/mol. The Morgan fingerprint density at radius 3 is 2.26 bits per heavy atom. The minimum atomic E-state index is -0.0750. The summed E-state index contributed by atoms with van der Waals surface area (Å²) < 4.78 is 0. The lowest BCUT2D eigenvalue weighted by molar-refractivity contribution is 0.135. The van der Waals surface area contributed by atoms with Crippen molar-refractivity contribution in [3.05, 3.63) is 71.0 Å². The first kappa shape index (κ1) is 30.7. The van der Waals surface area contributed by atoms with Crippen molar-refractivity contribution in [2.75, 3.05) is 68.7 Å². The van der Waals surface area contributed by atoms with E-state index < -0.39 is 0 Å². The predicted molar refractivity (Wildman–Crippen MR) is 179 cm³/mol. The summed E-state index contributed by atoms with van der Waals surface area (Å²) in [5.41, 5.74) is 10.1. The van der Waals surface area contributed by atoms with Crippen molar-refractivity contribution in [2.45, 2.75) is 61.5 Å². The van der Waals surface area contributed by atoms with Crippen LogP contribution >= 0.6 is 23.4 Å². The van der Waals surface area contributed by atoms with Crippen LogP contribution in [-0.4, -0.2) is 84.2 Å². The van der Waals surface area contributed by atoms with E-state index in [1.807, 2.05) is 12.4 Å². The molecule has 4 heterocycles. The van der Waals surface area contributed by atoms with E-state index in [1.54, 1.807) is 11.8 Å². The molecule has 7 nitrogen and oxygen atoms in total. The number of rotatable bonds is 8. The number of piperazine rings is 1. The zero-order valence-electron chi connectivity index (χ0n) is 25.7. The van der Waals surface area contributed by atoms with Gasteiger partial charge in [0.2, 0.25) is 0 Å². The second kappa shape index (κ2) is 13.7. The molecule has 0 atom stereocenters. The van der Waals surface area contributed by atoms with Crippen molar-refractivity contribution in [1.82, 2.24) is 19.8 Å². The number of likely N-dealkylation sites (tertiary alicyclic amines) is 1. The minimum absolute atomic E-state index is 0.0750. The molecule has 3 saturated heterocycles. The summed E-state index contributed by atoms with van der Waals surface area (Å²) in [6.45, 7) is 15.0. The molecule has 43 heavy (non-hydrogen) atoms. The highest BCUT2D eigenvalue weighted by Gasteiger charge is 2.27. The van der Waals surface area contributed by atoms with Gasteiger partial charge in [-0.05, 0) is 76.2 Å². The Bertz CT molecular complexity index is 1320. The van der Waals surface area contributed by atoms with Gasteiger partial charge in [-0.2, -0.15) is 0 Å². The van der Waals surface area contributed by atoms with E-state index in [9.17, 15) is 0 Å². The summed E-state index contributed by atoms with van der Waals surface area (Å²) in [7, 11) is 0. The third kappa shape index (κ3) is 8.03. The Kier molecular flexibility index (Phi) is 9.79. The van der Waals surface area contributed by atoms with Crippen LogP contribution in [0.2, 0.25) is 5.02 Å². The highest BCUT2D eigenvalue weighted by atomic mass is 35.5. The molecule has 0 saturated carbocycles. The summed E-state index contributed by atoms with van der Waals surface area (Å²) in [6.07, 6.45) is 8.28. The Labute approximate surface area is 266 Å². The SMILES string of the molecule is Cc1ccc(CN2CCC(CN3CCN(c4cccc(Sc5cnc(N6CCC(C)(N)CC6)cn5)c4Cl)CC3)CC2)cc1. The molecular weight excluding hydrogens is 574 g/mol. The molecular formula is C34H46ClN7S. The fourth-order valence-electron chi connectivity index (χ4n) is 6.52. The lowest BCUT2D eigenvalue weighted by Crippen LogP contribution is -2.49. The van der Waals surface area contributed by atoms with Gasteiger partial charge in [0.05, 0.1) is 23.1 Å². The molecule has 3 fully saturated rings. The summed E-state index contributed by atoms with van der Waals surface area (Å²) in [5.74, 6) is 1.72. The van der Waals surface area contributed by atoms with Crippen molar-refractivity contribution in [1.29, 1.82) is 0 Å². The number of hydrogen-bond acceptors (Lipinski definition) is 8. The van der Waals surface area contributed by atoms with E-state index in [0.717, 1.165) is 91.0 Å². The molecule has 1 aromatic heterocycles. The zero-order chi connectivity index (χ0) is 29.8. The highest BCUT2D eigenvalue weighted by Crippen LogP contribution is 2.38. The van der Waals surface area contributed by atoms with Crippen LogP contribution in [0.15, 0.2) is 64.8 Å². The largest absolute Gasteiger partial charge is 0.368 e. The van der Waals surface area contributed by atoms with Gasteiger partial charge in [-0.25, -0.2) is 9.97 Å². The molecule has 0 bridgehead atoms. The van der Waals surface area contributed by atoms with Crippen LogP contribution in [0.25, 0.3) is 0 Å². The topological polar surface area (TPSA) is 64.8 Å². The number of halogens is 1. The van der Waals surface area contributed by atoms with Gasteiger partial charge in [0.1, 0.15) is 10.8 Å². The molecule has 6 rings (SSSR count). The van der Waals surface area contributed by atoms with Crippen molar-refractivity contribution in [3.63, 3.8) is 0 Å². The highest BCUT2D eigenvalue weighted by molar-refractivity contribution is 7.99. The van der Waals surface area contributed by atoms with Crippen LogP contribution in [-0.2, 0) is 6.54 Å². The first-order valence-electron chi connectivity index (χ1n) is 15.9. The normalized spacial score (nSPS) is 20.5. The molecule has 3 aliphatic rings. The summed E-state index contributed by atoms with van der Waals surface area (Å²) in [5, 5.41) is 1.67. The number of hydrogen-bond donors (Lipinski definition) is 1. The summed E-state index contributed by atoms with van der Waals surface area (Å²) in [6, 6.07) is 15.4. The van der Waals surface area contributed by atoms with E-state index >= 15 is 0 Å². The Morgan fingerprint density at radius 1 is 0.860 bits per heavy atom. The maximum atomic E-state index is 6.99. The van der Waals surface area contributed by atoms with Crippen LogP contribution in [0.5, 0.6) is 0 Å². The van der Waals surface area contributed by atoms with Crippen LogP contribution in [0.4, 0.5) is 11.5 Å². The van der Waals surface area contributed by atoms with Gasteiger partial charge >= 0.3 is 0 Å². The van der Waals surface area contributed by atoms with Gasteiger partial charge in [0.25, 0.3) is 0 Å². The first-order chi connectivity index (χ1) is 20.8. The molecule has 0 unspecified atom stereocenters. The van der Waals surface area contributed by atoms with Gasteiger partial charge in [-0.1, -0.05) is 59.3 Å². The molecule has 2 aromatic carbocycles. The lowest BCUT2D eigenvalue weighted by atomic mass is 9.91. The fraction of sp³-hybridized carbons (Fsp3) is 0.529. The Morgan fingerprint density at radius 2 is 1.58 bits per heavy atom. The number of nitrogens with zero attached hydrogens (tertiary/aromatic N) is 6. The van der Waals surface area contributed by atoms with E-state index in [2.05, 4.69) is 75.9 Å². The van der Waals surface area contributed by atoms with E-state index in [1.165, 1.54) is 43.6 Å². The molecule has 2 N–H and O–H groups in total. The fourth-order valence-corrected chi connectivity index (χ4v) is 7.66. The van der Waals surface area contributed by atoms with Gasteiger partial charge in [-0.3, -0.25) is 9.80 Å². The maximum Gasteiger partial charge on any atom is 0.147 e. The molecule has 3 aliphatic heterocycles. The third-order valence-electron chi connectivity index (χ3n) is 9.46. The Balaban J connectivity index is 0.967. The molecule has 0 radical (unpaired) electrons. The van der Waals surface area contributed by atoms with Gasteiger partial charge in [-0.15, -0.1) is 0 Å². The van der Waals surface area contributed by atoms with Crippen molar-refractivity contribution in [3.8, 4) is 0 Å². The number of anilines is 2. The molecule has 0 spiro atoms. The van der Waals surface area contributed by atoms with E-state index in [4.69, 9.17) is 27.3 Å². The Hall–Kier alpha value is -2.36. The van der Waals surface area contributed by atoms with E-state index in [0.29, 0.717) is 0 Å². The van der Waals surface area contributed by atoms with Gasteiger partial charge < -0.3 is 15.5 Å². The summed E-state index contributed by atoms with van der Waals surface area (Å²) >= 11 is 8.58. The zero-order valence-corrected chi connectivity index (χ0v) is 27.3. The summed E-state index contributed by atoms with van der Waals surface area (Å²) in [4.78, 5) is 20.5. The maximum absolute atomic E-state index is 6.99. The minimum Gasteiger partial charge on any atom is -0.368 e. The molecule has 0 aliphatic carbocycles. The predicted octanol–water partition coefficient (Wildman–Crippen LogP) is 5.94. The van der Waals surface area contributed by atoms with E-state index in [-0.39, 0.29) is 5.54 Å². The number of benzene rings is 2. The van der Waals surface area contributed by atoms with Crippen LogP contribution in [0, 0.1) is 12.8 Å². The number of nitrogens with two attached hydrogens (primary N) is 1. The number of aryl methyl sites for hydroxylation is 1. The van der Waals surface area contributed by atoms with Gasteiger partial charge in [0, 0.05) is 62.8 Å². The van der Waals surface area contributed by atoms with Crippen molar-refractivity contribution >= 4 is 34.9 Å². The third-order valence-corrected chi connectivity index (χ3v) is 11.0. The molecule has 0 amide bonds. The van der Waals surface area contributed by atoms with Crippen molar-refractivity contribution < 1.29 is 0 Å². The second-order valence-corrected chi connectivity index (χ2v) is 14.5. The van der Waals surface area contributed by atoms with Crippen molar-refractivity contribution in [2.24, 2.45) is 11.7 Å². The van der Waals surface area contributed by atoms with Crippen LogP contribution < -0.4 is 15.5 Å². The lowest BCUT2D eigenvalue weighted by Gasteiger charge is -2.40. The first-order valence-corrected chi connectivity index (χ1v) is 17.1. The van der Waals surface area contributed by atoms with Crippen LogP contribution in [0.3, 0.4) is 0 Å². The quantitative estimate of drug-likeness (QED) is 0.332. The molecule has 9 heteroatoms. The molecule has 230 valence electrons. The standard InChI is InChI=1S/C34H46ClN7S/c1-26-6-8-27(9-7-26)24-39-14-10-28(11-15-39)25-40-18-20-41(21-19-40)29-4-3-5-30(33(29)35)43-32-23-37-31(22-38-32)42-16-12-34(2,36)13-17-42/h3-9,22-23,28H,10-21,24-25,36H2,1-2H3. The average molecular weight is 620 g/mol. The smallest absolute Gasteiger partial charge is 0.147 e. The number of aromatic nitrogens is 2. The molecule has 3 aromatic rings. The van der Waals surface area contributed by atoms with Crippen LogP contribution in [0.1, 0.15) is 43.7 Å². The average Bonchev–Trinajstić information content (AvgIpc) is 3.01. The second-order valence-electron chi connectivity index (χ2n) is 13.0. The van der Waals surface area contributed by atoms with Gasteiger partial charge in [0.15, 0.2) is 0 Å². The number of piperidine rings is 2.